The average molecular weight is 196 g/mol. The standard InChI is InChI=1S/C12H20O2/c1-12(2)10-6-5-9(11(12)8-10)4-3-7-14-13/h5,10-11,13H,3-4,6-8H2,1-2H3. The van der Waals surface area contributed by atoms with Gasteiger partial charge in [0.2, 0.25) is 0 Å². The van der Waals surface area contributed by atoms with Crippen molar-refractivity contribution in [1.29, 1.82) is 0 Å². The van der Waals surface area contributed by atoms with Crippen LogP contribution in [-0.4, -0.2) is 11.9 Å². The molecule has 0 spiro atoms. The van der Waals surface area contributed by atoms with Crippen LogP contribution >= 0.6 is 0 Å². The van der Waals surface area contributed by atoms with E-state index in [1.165, 1.54) is 12.8 Å². The number of rotatable bonds is 4. The van der Waals surface area contributed by atoms with Crippen LogP contribution in [0.3, 0.4) is 0 Å². The monoisotopic (exact) mass is 196 g/mol. The zero-order valence-corrected chi connectivity index (χ0v) is 9.12. The van der Waals surface area contributed by atoms with Crippen molar-refractivity contribution in [2.24, 2.45) is 17.3 Å². The summed E-state index contributed by atoms with van der Waals surface area (Å²) >= 11 is 0. The lowest BCUT2D eigenvalue weighted by Gasteiger charge is -2.56. The van der Waals surface area contributed by atoms with Crippen LogP contribution < -0.4 is 0 Å². The molecule has 2 heteroatoms. The summed E-state index contributed by atoms with van der Waals surface area (Å²) in [6, 6.07) is 0. The third-order valence-corrected chi connectivity index (χ3v) is 4.28. The lowest BCUT2D eigenvalue weighted by atomic mass is 9.48. The first-order chi connectivity index (χ1) is 6.66. The quantitative estimate of drug-likeness (QED) is 0.324. The minimum atomic E-state index is 0.466. The summed E-state index contributed by atoms with van der Waals surface area (Å²) in [6.07, 6.45) is 7.11. The van der Waals surface area contributed by atoms with Gasteiger partial charge < -0.3 is 0 Å². The second kappa shape index (κ2) is 3.67. The fourth-order valence-electron chi connectivity index (χ4n) is 3.10. The molecule has 2 unspecified atom stereocenters. The van der Waals surface area contributed by atoms with E-state index in [2.05, 4.69) is 24.8 Å². The highest BCUT2D eigenvalue weighted by Gasteiger charge is 2.50. The normalized spacial score (nSPS) is 33.5. The summed E-state index contributed by atoms with van der Waals surface area (Å²) in [5, 5.41) is 8.25. The van der Waals surface area contributed by atoms with E-state index in [-0.39, 0.29) is 0 Å². The maximum Gasteiger partial charge on any atom is 0.0822 e. The van der Waals surface area contributed by atoms with E-state index in [9.17, 15) is 0 Å². The Bertz CT molecular complexity index is 243. The van der Waals surface area contributed by atoms with Crippen molar-refractivity contribution >= 4 is 0 Å². The summed E-state index contributed by atoms with van der Waals surface area (Å²) in [4.78, 5) is 4.11. The molecule has 0 aromatic rings. The first-order valence-corrected chi connectivity index (χ1v) is 5.61. The summed E-state index contributed by atoms with van der Waals surface area (Å²) < 4.78 is 0. The molecule has 1 N–H and O–H groups in total. The molecule has 0 aromatic heterocycles. The Morgan fingerprint density at radius 1 is 1.57 bits per heavy atom. The SMILES string of the molecule is CC1(C)C2CC=C(CCCOO)C1C2. The van der Waals surface area contributed by atoms with Crippen LogP contribution in [0.25, 0.3) is 0 Å². The molecule has 0 aromatic carbocycles. The molecule has 0 radical (unpaired) electrons. The van der Waals surface area contributed by atoms with Gasteiger partial charge in [0.25, 0.3) is 0 Å². The minimum Gasteiger partial charge on any atom is -0.252 e. The molecule has 80 valence electrons. The molecule has 0 amide bonds. The van der Waals surface area contributed by atoms with Crippen LogP contribution in [0.5, 0.6) is 0 Å². The first-order valence-electron chi connectivity index (χ1n) is 5.61. The molecule has 3 aliphatic rings. The van der Waals surface area contributed by atoms with Crippen LogP contribution in [0.15, 0.2) is 11.6 Å². The molecule has 14 heavy (non-hydrogen) atoms. The van der Waals surface area contributed by atoms with Crippen LogP contribution in [0, 0.1) is 17.3 Å². The van der Waals surface area contributed by atoms with Gasteiger partial charge in [-0.15, -0.1) is 0 Å². The van der Waals surface area contributed by atoms with Gasteiger partial charge in [0.1, 0.15) is 0 Å². The number of allylic oxidation sites excluding steroid dienone is 2. The Morgan fingerprint density at radius 2 is 2.36 bits per heavy atom. The number of hydrogen-bond donors (Lipinski definition) is 1. The Kier molecular flexibility index (Phi) is 2.67. The third-order valence-electron chi connectivity index (χ3n) is 4.28. The Morgan fingerprint density at radius 3 is 2.93 bits per heavy atom. The minimum absolute atomic E-state index is 0.466. The molecule has 2 nitrogen and oxygen atoms in total. The molecule has 0 heterocycles. The molecular formula is C12H20O2. The van der Waals surface area contributed by atoms with Gasteiger partial charge in [-0.05, 0) is 42.9 Å². The van der Waals surface area contributed by atoms with Gasteiger partial charge in [-0.3, -0.25) is 5.26 Å². The van der Waals surface area contributed by atoms with Crippen molar-refractivity contribution in [3.05, 3.63) is 11.6 Å². The predicted octanol–water partition coefficient (Wildman–Crippen LogP) is 3.25. The summed E-state index contributed by atoms with van der Waals surface area (Å²) in [7, 11) is 0. The second-order valence-electron chi connectivity index (χ2n) is 5.26. The molecule has 2 atom stereocenters. The maximum atomic E-state index is 8.25. The van der Waals surface area contributed by atoms with E-state index >= 15 is 0 Å². The van der Waals surface area contributed by atoms with Gasteiger partial charge >= 0.3 is 0 Å². The van der Waals surface area contributed by atoms with E-state index in [4.69, 9.17) is 5.26 Å². The molecule has 0 aliphatic heterocycles. The summed E-state index contributed by atoms with van der Waals surface area (Å²) in [5.41, 5.74) is 2.14. The molecule has 2 bridgehead atoms. The topological polar surface area (TPSA) is 29.5 Å². The van der Waals surface area contributed by atoms with Crippen molar-refractivity contribution in [1.82, 2.24) is 0 Å². The lowest BCUT2D eigenvalue weighted by molar-refractivity contribution is -0.242. The van der Waals surface area contributed by atoms with Crippen LogP contribution in [0.4, 0.5) is 0 Å². The van der Waals surface area contributed by atoms with Crippen LogP contribution in [0.2, 0.25) is 0 Å². The average Bonchev–Trinajstić information content (AvgIpc) is 2.18. The Labute approximate surface area is 85.9 Å². The van der Waals surface area contributed by atoms with E-state index < -0.39 is 0 Å². The largest absolute Gasteiger partial charge is 0.252 e. The zero-order chi connectivity index (χ0) is 10.2. The Balaban J connectivity index is 1.91. The Hall–Kier alpha value is -0.340. The highest BCUT2D eigenvalue weighted by atomic mass is 17.1. The van der Waals surface area contributed by atoms with Crippen LogP contribution in [-0.2, 0) is 4.89 Å². The smallest absolute Gasteiger partial charge is 0.0822 e. The second-order valence-corrected chi connectivity index (χ2v) is 5.26. The van der Waals surface area contributed by atoms with Crippen molar-refractivity contribution in [3.8, 4) is 0 Å². The van der Waals surface area contributed by atoms with Gasteiger partial charge in [0, 0.05) is 0 Å². The molecule has 3 rings (SSSR count). The fourth-order valence-corrected chi connectivity index (χ4v) is 3.10. The van der Waals surface area contributed by atoms with Crippen molar-refractivity contribution < 1.29 is 10.1 Å². The lowest BCUT2D eigenvalue weighted by Crippen LogP contribution is -2.48. The molecule has 1 saturated carbocycles. The highest BCUT2D eigenvalue weighted by Crippen LogP contribution is 2.59. The highest BCUT2D eigenvalue weighted by molar-refractivity contribution is 5.23. The maximum absolute atomic E-state index is 8.25. The third kappa shape index (κ3) is 1.51. The van der Waals surface area contributed by atoms with Gasteiger partial charge in [-0.25, -0.2) is 4.89 Å². The summed E-state index contributed by atoms with van der Waals surface area (Å²) in [6.45, 7) is 5.25. The fraction of sp³-hybridized carbons (Fsp3) is 0.833. The number of hydrogen-bond acceptors (Lipinski definition) is 2. The molecule has 1 fully saturated rings. The van der Waals surface area contributed by atoms with Crippen LogP contribution in [0.1, 0.15) is 39.5 Å². The molecule has 3 aliphatic carbocycles. The van der Waals surface area contributed by atoms with Gasteiger partial charge in [-0.1, -0.05) is 25.5 Å². The zero-order valence-electron chi connectivity index (χ0n) is 9.12. The van der Waals surface area contributed by atoms with Gasteiger partial charge in [-0.2, -0.15) is 0 Å². The van der Waals surface area contributed by atoms with Crippen molar-refractivity contribution in [2.45, 2.75) is 39.5 Å². The molecule has 0 saturated heterocycles. The van der Waals surface area contributed by atoms with E-state index in [1.54, 1.807) is 5.57 Å². The van der Waals surface area contributed by atoms with Crippen molar-refractivity contribution in [2.75, 3.05) is 6.61 Å². The summed E-state index contributed by atoms with van der Waals surface area (Å²) in [5.74, 6) is 1.73. The predicted molar refractivity (Wildman–Crippen MR) is 55.9 cm³/mol. The van der Waals surface area contributed by atoms with Gasteiger partial charge in [0.05, 0.1) is 6.61 Å². The van der Waals surface area contributed by atoms with Crippen molar-refractivity contribution in [3.63, 3.8) is 0 Å². The number of fused-ring (bicyclic) bond motifs is 1. The van der Waals surface area contributed by atoms with E-state index in [0.717, 1.165) is 24.7 Å². The van der Waals surface area contributed by atoms with E-state index in [1.807, 2.05) is 0 Å². The van der Waals surface area contributed by atoms with Gasteiger partial charge in [0.15, 0.2) is 0 Å². The molecular weight excluding hydrogens is 176 g/mol. The first kappa shape index (κ1) is 10.2. The van der Waals surface area contributed by atoms with E-state index in [0.29, 0.717) is 12.0 Å².